The molecule has 78 valence electrons. The van der Waals surface area contributed by atoms with Crippen molar-refractivity contribution in [2.45, 2.75) is 6.42 Å². The predicted octanol–water partition coefficient (Wildman–Crippen LogP) is -0.842. The maximum Gasteiger partial charge on any atom is 0.307 e. The first-order valence-corrected chi connectivity index (χ1v) is 4.79. The highest BCUT2D eigenvalue weighted by molar-refractivity contribution is 5.93. The SMILES string of the molecule is O=C(O)C1C2CN(CCCO)C(=O)C21. The fourth-order valence-corrected chi connectivity index (χ4v) is 2.29. The lowest BCUT2D eigenvalue weighted by atomic mass is 10.2. The average molecular weight is 199 g/mol. The molecule has 0 spiro atoms. The van der Waals surface area contributed by atoms with Gasteiger partial charge in [-0.15, -0.1) is 0 Å². The number of rotatable bonds is 4. The van der Waals surface area contributed by atoms with Crippen LogP contribution >= 0.6 is 0 Å². The van der Waals surface area contributed by atoms with Crippen LogP contribution in [0.5, 0.6) is 0 Å². The van der Waals surface area contributed by atoms with Crippen molar-refractivity contribution in [2.75, 3.05) is 19.7 Å². The van der Waals surface area contributed by atoms with Crippen LogP contribution in [0.1, 0.15) is 6.42 Å². The summed E-state index contributed by atoms with van der Waals surface area (Å²) in [6.07, 6.45) is 0.572. The van der Waals surface area contributed by atoms with Gasteiger partial charge >= 0.3 is 5.97 Å². The average Bonchev–Trinajstić information content (AvgIpc) is 2.77. The fraction of sp³-hybridized carbons (Fsp3) is 0.778. The van der Waals surface area contributed by atoms with E-state index in [9.17, 15) is 9.59 Å². The van der Waals surface area contributed by atoms with Gasteiger partial charge in [-0.25, -0.2) is 0 Å². The topological polar surface area (TPSA) is 77.8 Å². The molecule has 3 atom stereocenters. The summed E-state index contributed by atoms with van der Waals surface area (Å²) in [7, 11) is 0. The Labute approximate surface area is 81.3 Å². The lowest BCUT2D eigenvalue weighted by molar-refractivity contribution is -0.142. The summed E-state index contributed by atoms with van der Waals surface area (Å²) < 4.78 is 0. The highest BCUT2D eigenvalue weighted by Gasteiger charge is 2.64. The number of carbonyl (C=O) groups excluding carboxylic acids is 1. The van der Waals surface area contributed by atoms with E-state index < -0.39 is 11.9 Å². The summed E-state index contributed by atoms with van der Waals surface area (Å²) >= 11 is 0. The lowest BCUT2D eigenvalue weighted by Gasteiger charge is -2.18. The number of carboxylic acid groups (broad SMARTS) is 1. The molecular formula is C9H13NO4. The number of amides is 1. The number of hydrogen-bond donors (Lipinski definition) is 2. The van der Waals surface area contributed by atoms with E-state index >= 15 is 0 Å². The van der Waals surface area contributed by atoms with E-state index in [1.165, 1.54) is 0 Å². The van der Waals surface area contributed by atoms with Crippen molar-refractivity contribution >= 4 is 11.9 Å². The molecule has 1 heterocycles. The van der Waals surface area contributed by atoms with E-state index in [2.05, 4.69) is 0 Å². The number of piperidine rings is 1. The van der Waals surface area contributed by atoms with Crippen LogP contribution in [-0.4, -0.2) is 46.7 Å². The third-order valence-electron chi connectivity index (χ3n) is 3.07. The number of aliphatic hydroxyl groups is 1. The van der Waals surface area contributed by atoms with Crippen LogP contribution in [0, 0.1) is 17.8 Å². The Morgan fingerprint density at radius 2 is 2.29 bits per heavy atom. The summed E-state index contributed by atoms with van der Waals surface area (Å²) in [5, 5.41) is 17.3. The molecule has 0 bridgehead atoms. The Bertz CT molecular complexity index is 278. The number of likely N-dealkylation sites (tertiary alicyclic amines) is 1. The van der Waals surface area contributed by atoms with Gasteiger partial charge in [0.25, 0.3) is 0 Å². The summed E-state index contributed by atoms with van der Waals surface area (Å²) in [5.74, 6) is -1.58. The minimum Gasteiger partial charge on any atom is -0.481 e. The second-order valence-electron chi connectivity index (χ2n) is 3.92. The third-order valence-corrected chi connectivity index (χ3v) is 3.07. The number of carbonyl (C=O) groups is 2. The predicted molar refractivity (Wildman–Crippen MR) is 46.4 cm³/mol. The quantitative estimate of drug-likeness (QED) is 0.618. The van der Waals surface area contributed by atoms with Gasteiger partial charge in [-0.05, 0) is 6.42 Å². The van der Waals surface area contributed by atoms with Gasteiger partial charge in [0.05, 0.1) is 11.8 Å². The van der Waals surface area contributed by atoms with E-state index in [0.717, 1.165) is 0 Å². The molecule has 0 aromatic rings. The zero-order valence-electron chi connectivity index (χ0n) is 7.72. The van der Waals surface area contributed by atoms with E-state index in [0.29, 0.717) is 19.5 Å². The minimum absolute atomic E-state index is 0.0266. The molecule has 0 aromatic heterocycles. The van der Waals surface area contributed by atoms with Gasteiger partial charge in [0.1, 0.15) is 0 Å². The summed E-state index contributed by atoms with van der Waals surface area (Å²) in [4.78, 5) is 23.8. The first-order chi connectivity index (χ1) is 6.66. The molecule has 5 heteroatoms. The molecule has 3 unspecified atom stereocenters. The molecule has 0 aromatic carbocycles. The molecular weight excluding hydrogens is 186 g/mol. The fourth-order valence-electron chi connectivity index (χ4n) is 2.29. The Morgan fingerprint density at radius 3 is 2.71 bits per heavy atom. The number of aliphatic hydroxyl groups excluding tert-OH is 1. The van der Waals surface area contributed by atoms with Crippen LogP contribution in [0.2, 0.25) is 0 Å². The van der Waals surface area contributed by atoms with Gasteiger partial charge in [0.15, 0.2) is 0 Å². The molecule has 1 saturated carbocycles. The molecule has 2 rings (SSSR count). The third kappa shape index (κ3) is 1.28. The highest BCUT2D eigenvalue weighted by Crippen LogP contribution is 2.52. The standard InChI is InChI=1S/C9H13NO4/c11-3-1-2-10-4-5-6(8(10)12)7(5)9(13)14/h5-7,11H,1-4H2,(H,13,14). The van der Waals surface area contributed by atoms with Gasteiger partial charge in [-0.2, -0.15) is 0 Å². The van der Waals surface area contributed by atoms with E-state index in [1.807, 2.05) is 0 Å². The lowest BCUT2D eigenvalue weighted by Crippen LogP contribution is -2.32. The van der Waals surface area contributed by atoms with Crippen molar-refractivity contribution in [3.05, 3.63) is 0 Å². The molecule has 1 amide bonds. The first kappa shape index (κ1) is 9.45. The van der Waals surface area contributed by atoms with Crippen LogP contribution in [0.4, 0.5) is 0 Å². The van der Waals surface area contributed by atoms with E-state index in [1.54, 1.807) is 4.90 Å². The van der Waals surface area contributed by atoms with Crippen molar-refractivity contribution in [1.29, 1.82) is 0 Å². The van der Waals surface area contributed by atoms with Crippen molar-refractivity contribution in [3.8, 4) is 0 Å². The summed E-state index contributed by atoms with van der Waals surface area (Å²) in [6.45, 7) is 1.18. The number of aliphatic carboxylic acids is 1. The van der Waals surface area contributed by atoms with Crippen molar-refractivity contribution < 1.29 is 19.8 Å². The summed E-state index contributed by atoms with van der Waals surface area (Å²) in [6, 6.07) is 0. The Hall–Kier alpha value is -1.10. The van der Waals surface area contributed by atoms with Crippen LogP contribution in [0.3, 0.4) is 0 Å². The van der Waals surface area contributed by atoms with E-state index in [4.69, 9.17) is 10.2 Å². The molecule has 1 saturated heterocycles. The number of carboxylic acids is 1. The van der Waals surface area contributed by atoms with Gasteiger partial charge < -0.3 is 15.1 Å². The van der Waals surface area contributed by atoms with E-state index in [-0.39, 0.29) is 24.3 Å². The first-order valence-electron chi connectivity index (χ1n) is 4.79. The minimum atomic E-state index is -0.852. The molecule has 14 heavy (non-hydrogen) atoms. The smallest absolute Gasteiger partial charge is 0.307 e. The molecule has 1 aliphatic heterocycles. The molecule has 1 aliphatic carbocycles. The van der Waals surface area contributed by atoms with Gasteiger partial charge in [0, 0.05) is 25.6 Å². The zero-order chi connectivity index (χ0) is 10.3. The van der Waals surface area contributed by atoms with Crippen LogP contribution in [0.25, 0.3) is 0 Å². The number of hydrogen-bond acceptors (Lipinski definition) is 3. The van der Waals surface area contributed by atoms with Gasteiger partial charge in [0.2, 0.25) is 5.91 Å². The van der Waals surface area contributed by atoms with Crippen LogP contribution in [0.15, 0.2) is 0 Å². The van der Waals surface area contributed by atoms with Crippen molar-refractivity contribution in [3.63, 3.8) is 0 Å². The molecule has 5 nitrogen and oxygen atoms in total. The maximum absolute atomic E-state index is 11.5. The number of nitrogens with zero attached hydrogens (tertiary/aromatic N) is 1. The Morgan fingerprint density at radius 1 is 1.57 bits per heavy atom. The Kier molecular flexibility index (Phi) is 2.19. The number of fused-ring (bicyclic) bond motifs is 1. The zero-order valence-corrected chi connectivity index (χ0v) is 7.72. The Balaban J connectivity index is 1.89. The normalized spacial score (nSPS) is 34.5. The van der Waals surface area contributed by atoms with Gasteiger partial charge in [-0.3, -0.25) is 9.59 Å². The highest BCUT2D eigenvalue weighted by atomic mass is 16.4. The molecule has 2 aliphatic rings. The second kappa shape index (κ2) is 3.24. The molecule has 2 fully saturated rings. The molecule has 0 radical (unpaired) electrons. The van der Waals surface area contributed by atoms with Gasteiger partial charge in [-0.1, -0.05) is 0 Å². The molecule has 2 N–H and O–H groups in total. The van der Waals surface area contributed by atoms with Crippen LogP contribution < -0.4 is 0 Å². The van der Waals surface area contributed by atoms with Crippen LogP contribution in [-0.2, 0) is 9.59 Å². The van der Waals surface area contributed by atoms with Crippen molar-refractivity contribution in [2.24, 2.45) is 17.8 Å². The maximum atomic E-state index is 11.5. The van der Waals surface area contributed by atoms with Crippen molar-refractivity contribution in [1.82, 2.24) is 4.90 Å². The largest absolute Gasteiger partial charge is 0.481 e. The monoisotopic (exact) mass is 199 g/mol. The summed E-state index contributed by atoms with van der Waals surface area (Å²) in [5.41, 5.74) is 0. The second-order valence-corrected chi connectivity index (χ2v) is 3.92.